The lowest BCUT2D eigenvalue weighted by Gasteiger charge is -1.58. The van der Waals surface area contributed by atoms with Gasteiger partial charge in [0.2, 0.25) is 0 Å². The van der Waals surface area contributed by atoms with Crippen molar-refractivity contribution in [1.29, 1.82) is 0 Å². The van der Waals surface area contributed by atoms with E-state index in [4.69, 9.17) is 23.2 Å². The van der Waals surface area contributed by atoms with Crippen LogP contribution in [0.1, 0.15) is 0 Å². The Bertz CT molecular complexity index is 257. The van der Waals surface area contributed by atoms with E-state index < -0.39 is 0 Å². The Hall–Kier alpha value is -1.14. The van der Waals surface area contributed by atoms with E-state index in [1.807, 2.05) is 0 Å². The minimum Gasteiger partial charge on any atom is -0.196 e. The molecular formula is C4H4Cl2N6. The fourth-order valence-corrected chi connectivity index (χ4v) is 0.548. The molecule has 2 heterocycles. The van der Waals surface area contributed by atoms with Crippen molar-refractivity contribution in [3.8, 4) is 0 Å². The van der Waals surface area contributed by atoms with Gasteiger partial charge < -0.3 is 0 Å². The molecule has 2 rings (SSSR count). The first-order chi connectivity index (χ1) is 5.79. The summed E-state index contributed by atoms with van der Waals surface area (Å²) in [4.78, 5) is 0. The maximum Gasteiger partial charge on any atom is 0.171 e. The normalized spacial score (nSPS) is 8.83. The Balaban J connectivity index is 0.000000120. The highest BCUT2D eigenvalue weighted by Crippen LogP contribution is 1.94. The number of hydrogen-bond donors (Lipinski definition) is 2. The zero-order chi connectivity index (χ0) is 8.81. The second-order valence-electron chi connectivity index (χ2n) is 1.59. The van der Waals surface area contributed by atoms with Gasteiger partial charge in [0.1, 0.15) is 0 Å². The Morgan fingerprint density at radius 2 is 1.33 bits per heavy atom. The van der Waals surface area contributed by atoms with Gasteiger partial charge in [0, 0.05) is 0 Å². The van der Waals surface area contributed by atoms with Gasteiger partial charge in [-0.05, 0) is 0 Å². The van der Waals surface area contributed by atoms with Gasteiger partial charge in [-0.3, -0.25) is 0 Å². The van der Waals surface area contributed by atoms with E-state index in [9.17, 15) is 0 Å². The summed E-state index contributed by atoms with van der Waals surface area (Å²) in [5.41, 5.74) is 0. The summed E-state index contributed by atoms with van der Waals surface area (Å²) in [6.45, 7) is 0. The standard InChI is InChI=1S/2C2H2ClN3/c2*3-2-1-4-6-5-2/h2*1H,(H,4,5,6). The molecule has 0 amide bonds. The third-order valence-electron chi connectivity index (χ3n) is 0.771. The van der Waals surface area contributed by atoms with Gasteiger partial charge in [-0.15, -0.1) is 10.2 Å². The highest BCUT2D eigenvalue weighted by atomic mass is 35.5. The largest absolute Gasteiger partial charge is 0.196 e. The Morgan fingerprint density at radius 3 is 1.42 bits per heavy atom. The molecule has 2 aromatic rings. The SMILES string of the molecule is Clc1cn[nH]n1.Clc1cn[nH]n1. The van der Waals surface area contributed by atoms with Gasteiger partial charge in [-0.1, -0.05) is 23.2 Å². The number of aromatic amines is 2. The second kappa shape index (κ2) is 4.68. The molecule has 6 nitrogen and oxygen atoms in total. The predicted octanol–water partition coefficient (Wildman–Crippen LogP) is 0.916. The summed E-state index contributed by atoms with van der Waals surface area (Å²) in [7, 11) is 0. The van der Waals surface area contributed by atoms with Crippen LogP contribution < -0.4 is 0 Å². The fourth-order valence-electron chi connectivity index (χ4n) is 0.375. The van der Waals surface area contributed by atoms with E-state index in [2.05, 4.69) is 30.8 Å². The van der Waals surface area contributed by atoms with Crippen LogP contribution in [0.4, 0.5) is 0 Å². The number of H-pyrrole nitrogens is 2. The van der Waals surface area contributed by atoms with Crippen molar-refractivity contribution >= 4 is 23.2 Å². The lowest BCUT2D eigenvalue weighted by molar-refractivity contribution is 0.940. The minimum atomic E-state index is 0.398. The molecular weight excluding hydrogens is 203 g/mol. The average molecular weight is 207 g/mol. The topological polar surface area (TPSA) is 83.1 Å². The van der Waals surface area contributed by atoms with E-state index in [-0.39, 0.29) is 0 Å². The summed E-state index contributed by atoms with van der Waals surface area (Å²) < 4.78 is 0. The third kappa shape index (κ3) is 3.31. The molecule has 0 spiro atoms. The first-order valence-corrected chi connectivity index (χ1v) is 3.57. The lowest BCUT2D eigenvalue weighted by atomic mass is 11.0. The van der Waals surface area contributed by atoms with Crippen LogP contribution in [0.2, 0.25) is 10.3 Å². The molecule has 8 heteroatoms. The Morgan fingerprint density at radius 1 is 0.917 bits per heavy atom. The van der Waals surface area contributed by atoms with Crippen LogP contribution in [0.15, 0.2) is 12.4 Å². The van der Waals surface area contributed by atoms with Gasteiger partial charge in [-0.25, -0.2) is 0 Å². The van der Waals surface area contributed by atoms with E-state index in [1.54, 1.807) is 0 Å². The summed E-state index contributed by atoms with van der Waals surface area (Å²) in [5.74, 6) is 0. The molecule has 64 valence electrons. The maximum atomic E-state index is 5.25. The molecule has 0 aliphatic rings. The van der Waals surface area contributed by atoms with Gasteiger partial charge in [-0.2, -0.15) is 20.6 Å². The van der Waals surface area contributed by atoms with Crippen LogP contribution in [0.3, 0.4) is 0 Å². The van der Waals surface area contributed by atoms with Crippen LogP contribution in [0, 0.1) is 0 Å². The van der Waals surface area contributed by atoms with Gasteiger partial charge in [0.15, 0.2) is 10.3 Å². The van der Waals surface area contributed by atoms with Crippen LogP contribution in [0.25, 0.3) is 0 Å². The smallest absolute Gasteiger partial charge is 0.171 e. The maximum absolute atomic E-state index is 5.25. The summed E-state index contributed by atoms with van der Waals surface area (Å²) in [6, 6.07) is 0. The quantitative estimate of drug-likeness (QED) is 0.672. The van der Waals surface area contributed by atoms with Crippen molar-refractivity contribution in [3.05, 3.63) is 22.7 Å². The summed E-state index contributed by atoms with van der Waals surface area (Å²) >= 11 is 10.5. The van der Waals surface area contributed by atoms with Gasteiger partial charge in [0.05, 0.1) is 12.4 Å². The van der Waals surface area contributed by atoms with Crippen molar-refractivity contribution in [2.75, 3.05) is 0 Å². The molecule has 2 N–H and O–H groups in total. The molecule has 0 aliphatic heterocycles. The molecule has 0 aliphatic carbocycles. The molecule has 0 aromatic carbocycles. The molecule has 12 heavy (non-hydrogen) atoms. The highest BCUT2D eigenvalue weighted by molar-refractivity contribution is 6.29. The monoisotopic (exact) mass is 206 g/mol. The van der Waals surface area contributed by atoms with Crippen LogP contribution in [-0.4, -0.2) is 30.8 Å². The Kier molecular flexibility index (Phi) is 3.49. The van der Waals surface area contributed by atoms with Gasteiger partial charge >= 0.3 is 0 Å². The molecule has 0 atom stereocenters. The first kappa shape index (κ1) is 8.95. The molecule has 0 radical (unpaired) electrons. The summed E-state index contributed by atoms with van der Waals surface area (Å²) in [5, 5.41) is 19.2. The average Bonchev–Trinajstić information content (AvgIpc) is 2.63. The van der Waals surface area contributed by atoms with E-state index >= 15 is 0 Å². The van der Waals surface area contributed by atoms with Crippen molar-refractivity contribution in [2.45, 2.75) is 0 Å². The molecule has 0 saturated carbocycles. The van der Waals surface area contributed by atoms with Gasteiger partial charge in [0.25, 0.3) is 0 Å². The van der Waals surface area contributed by atoms with Crippen LogP contribution in [-0.2, 0) is 0 Å². The fraction of sp³-hybridized carbons (Fsp3) is 0. The second-order valence-corrected chi connectivity index (χ2v) is 2.36. The number of nitrogens with one attached hydrogen (secondary N) is 2. The zero-order valence-electron chi connectivity index (χ0n) is 5.70. The predicted molar refractivity (Wildman–Crippen MR) is 42.8 cm³/mol. The van der Waals surface area contributed by atoms with Crippen LogP contribution >= 0.6 is 23.2 Å². The van der Waals surface area contributed by atoms with E-state index in [1.165, 1.54) is 12.4 Å². The molecule has 0 saturated heterocycles. The van der Waals surface area contributed by atoms with E-state index in [0.717, 1.165) is 0 Å². The number of hydrogen-bond acceptors (Lipinski definition) is 4. The Labute approximate surface area is 77.3 Å². The van der Waals surface area contributed by atoms with E-state index in [0.29, 0.717) is 10.3 Å². The molecule has 0 unspecified atom stereocenters. The van der Waals surface area contributed by atoms with Crippen molar-refractivity contribution in [1.82, 2.24) is 30.8 Å². The number of nitrogens with zero attached hydrogens (tertiary/aromatic N) is 4. The number of rotatable bonds is 0. The number of halogens is 2. The first-order valence-electron chi connectivity index (χ1n) is 2.81. The number of aromatic nitrogens is 6. The third-order valence-corrected chi connectivity index (χ3v) is 1.14. The zero-order valence-corrected chi connectivity index (χ0v) is 7.21. The van der Waals surface area contributed by atoms with Crippen LogP contribution in [0.5, 0.6) is 0 Å². The van der Waals surface area contributed by atoms with Crippen molar-refractivity contribution < 1.29 is 0 Å². The summed E-state index contributed by atoms with van der Waals surface area (Å²) in [6.07, 6.45) is 2.86. The molecule has 0 bridgehead atoms. The lowest BCUT2D eigenvalue weighted by Crippen LogP contribution is -1.63. The van der Waals surface area contributed by atoms with Crippen molar-refractivity contribution in [3.63, 3.8) is 0 Å². The molecule has 2 aromatic heterocycles. The minimum absolute atomic E-state index is 0.398. The molecule has 0 fully saturated rings. The highest BCUT2D eigenvalue weighted by Gasteiger charge is 1.80. The van der Waals surface area contributed by atoms with Crippen molar-refractivity contribution in [2.24, 2.45) is 0 Å².